The van der Waals surface area contributed by atoms with E-state index in [4.69, 9.17) is 0 Å². The summed E-state index contributed by atoms with van der Waals surface area (Å²) in [5.74, 6) is -1.71. The van der Waals surface area contributed by atoms with Crippen molar-refractivity contribution in [2.75, 3.05) is 11.9 Å². The number of aliphatic hydroxyl groups excluding tert-OH is 1. The topological polar surface area (TPSA) is 104 Å². The molecule has 0 aliphatic rings. The van der Waals surface area contributed by atoms with E-state index in [9.17, 15) is 28.8 Å². The number of halogens is 2. The lowest BCUT2D eigenvalue weighted by Gasteiger charge is -2.13. The zero-order chi connectivity index (χ0) is 17.7. The molecule has 9 heteroatoms. The van der Waals surface area contributed by atoms with E-state index in [1.807, 2.05) is 0 Å². The summed E-state index contributed by atoms with van der Waals surface area (Å²) >= 11 is 0. The smallest absolute Gasteiger partial charge is 0.319 e. The van der Waals surface area contributed by atoms with Crippen molar-refractivity contribution in [3.05, 3.63) is 69.8 Å². The van der Waals surface area contributed by atoms with Gasteiger partial charge in [0.1, 0.15) is 11.6 Å². The second kappa shape index (κ2) is 7.47. The molecule has 0 aromatic heterocycles. The molecule has 0 unspecified atom stereocenters. The number of carbonyl (C=O) groups excluding carboxylic acids is 1. The van der Waals surface area contributed by atoms with Crippen LogP contribution < -0.4 is 10.6 Å². The number of nitrogens with one attached hydrogen (secondary N) is 2. The Hall–Kier alpha value is -3.07. The Kier molecular flexibility index (Phi) is 5.38. The van der Waals surface area contributed by atoms with Crippen LogP contribution in [0.3, 0.4) is 0 Å². The number of benzene rings is 2. The molecule has 2 aromatic carbocycles. The van der Waals surface area contributed by atoms with Gasteiger partial charge in [0.15, 0.2) is 0 Å². The molecule has 1 atom stereocenters. The predicted octanol–water partition coefficient (Wildman–Crippen LogP) is 2.73. The third kappa shape index (κ3) is 4.46. The predicted molar refractivity (Wildman–Crippen MR) is 81.4 cm³/mol. The van der Waals surface area contributed by atoms with Crippen LogP contribution in [0.4, 0.5) is 25.0 Å². The van der Waals surface area contributed by atoms with Gasteiger partial charge in [0, 0.05) is 36.0 Å². The molecule has 126 valence electrons. The Bertz CT molecular complexity index is 770. The van der Waals surface area contributed by atoms with E-state index in [-0.39, 0.29) is 23.5 Å². The van der Waals surface area contributed by atoms with E-state index in [0.717, 1.165) is 18.2 Å². The highest BCUT2D eigenvalue weighted by Crippen LogP contribution is 2.18. The second-order valence-electron chi connectivity index (χ2n) is 4.82. The first kappa shape index (κ1) is 17.3. The standard InChI is InChI=1S/C15H13F2N3O4/c16-9-4-5-12(13(17)6-9)14(21)8-18-15(22)19-10-2-1-3-11(7-10)20(23)24/h1-7,14,21H,8H2,(H2,18,19,22)/t14-/m1/s1. The van der Waals surface area contributed by atoms with Crippen molar-refractivity contribution in [2.24, 2.45) is 0 Å². The van der Waals surface area contributed by atoms with Gasteiger partial charge in [-0.15, -0.1) is 0 Å². The van der Waals surface area contributed by atoms with Crippen LogP contribution in [0.15, 0.2) is 42.5 Å². The lowest BCUT2D eigenvalue weighted by Crippen LogP contribution is -2.32. The molecule has 0 heterocycles. The Morgan fingerprint density at radius 1 is 1.25 bits per heavy atom. The monoisotopic (exact) mass is 337 g/mol. The molecule has 0 aliphatic heterocycles. The second-order valence-corrected chi connectivity index (χ2v) is 4.82. The van der Waals surface area contributed by atoms with Gasteiger partial charge in [0.25, 0.3) is 5.69 Å². The van der Waals surface area contributed by atoms with Crippen molar-refractivity contribution in [3.8, 4) is 0 Å². The molecule has 2 aromatic rings. The summed E-state index contributed by atoms with van der Waals surface area (Å²) in [6.45, 7) is -0.330. The van der Waals surface area contributed by atoms with Crippen molar-refractivity contribution in [3.63, 3.8) is 0 Å². The Labute approximate surface area is 135 Å². The summed E-state index contributed by atoms with van der Waals surface area (Å²) in [6.07, 6.45) is -1.37. The van der Waals surface area contributed by atoms with Crippen LogP contribution in [-0.2, 0) is 0 Å². The maximum Gasteiger partial charge on any atom is 0.319 e. The minimum absolute atomic E-state index is 0.160. The van der Waals surface area contributed by atoms with Gasteiger partial charge in [-0.3, -0.25) is 10.1 Å². The quantitative estimate of drug-likeness (QED) is 0.576. The number of hydrogen-bond acceptors (Lipinski definition) is 4. The van der Waals surface area contributed by atoms with E-state index in [0.29, 0.717) is 6.07 Å². The molecule has 3 N–H and O–H groups in total. The fourth-order valence-corrected chi connectivity index (χ4v) is 1.94. The van der Waals surface area contributed by atoms with Gasteiger partial charge in [0.05, 0.1) is 11.0 Å². The van der Waals surface area contributed by atoms with Gasteiger partial charge in [-0.25, -0.2) is 13.6 Å². The van der Waals surface area contributed by atoms with Gasteiger partial charge in [-0.05, 0) is 12.1 Å². The average molecular weight is 337 g/mol. The van der Waals surface area contributed by atoms with Crippen molar-refractivity contribution in [1.29, 1.82) is 0 Å². The molecule has 2 rings (SSSR count). The van der Waals surface area contributed by atoms with E-state index in [2.05, 4.69) is 10.6 Å². The summed E-state index contributed by atoms with van der Waals surface area (Å²) in [6, 6.07) is 7.23. The molecule has 0 bridgehead atoms. The molecule has 0 radical (unpaired) electrons. The van der Waals surface area contributed by atoms with E-state index in [1.165, 1.54) is 18.2 Å². The molecule has 0 saturated heterocycles. The summed E-state index contributed by atoms with van der Waals surface area (Å²) in [7, 11) is 0. The third-order valence-corrected chi connectivity index (χ3v) is 3.09. The Morgan fingerprint density at radius 3 is 2.67 bits per heavy atom. The van der Waals surface area contributed by atoms with Crippen molar-refractivity contribution in [1.82, 2.24) is 5.32 Å². The van der Waals surface area contributed by atoms with Crippen molar-refractivity contribution in [2.45, 2.75) is 6.10 Å². The number of nitro groups is 1. The first-order valence-electron chi connectivity index (χ1n) is 6.79. The van der Waals surface area contributed by atoms with Gasteiger partial charge < -0.3 is 15.7 Å². The fourth-order valence-electron chi connectivity index (χ4n) is 1.94. The number of carbonyl (C=O) groups is 1. The lowest BCUT2D eigenvalue weighted by molar-refractivity contribution is -0.384. The number of hydrogen-bond donors (Lipinski definition) is 3. The first-order valence-corrected chi connectivity index (χ1v) is 6.79. The number of anilines is 1. The lowest BCUT2D eigenvalue weighted by atomic mass is 10.1. The highest BCUT2D eigenvalue weighted by molar-refractivity contribution is 5.89. The number of urea groups is 1. The number of nitrogens with zero attached hydrogens (tertiary/aromatic N) is 1. The van der Waals surface area contributed by atoms with Gasteiger partial charge in [-0.2, -0.15) is 0 Å². The van der Waals surface area contributed by atoms with Crippen LogP contribution in [-0.4, -0.2) is 22.6 Å². The zero-order valence-corrected chi connectivity index (χ0v) is 12.2. The average Bonchev–Trinajstić information content (AvgIpc) is 2.53. The molecule has 2 amide bonds. The van der Waals surface area contributed by atoms with E-state index in [1.54, 1.807) is 0 Å². The number of nitro benzene ring substituents is 1. The van der Waals surface area contributed by atoms with Gasteiger partial charge in [0.2, 0.25) is 0 Å². The van der Waals surface area contributed by atoms with Crippen LogP contribution in [0.1, 0.15) is 11.7 Å². The zero-order valence-electron chi connectivity index (χ0n) is 12.2. The third-order valence-electron chi connectivity index (χ3n) is 3.09. The summed E-state index contributed by atoms with van der Waals surface area (Å²) < 4.78 is 26.3. The molecule has 0 saturated carbocycles. The molecule has 7 nitrogen and oxygen atoms in total. The largest absolute Gasteiger partial charge is 0.386 e. The number of non-ortho nitro benzene ring substituents is 1. The Morgan fingerprint density at radius 2 is 2.00 bits per heavy atom. The number of amides is 2. The minimum atomic E-state index is -1.37. The van der Waals surface area contributed by atoms with E-state index >= 15 is 0 Å². The van der Waals surface area contributed by atoms with Crippen LogP contribution in [0.25, 0.3) is 0 Å². The van der Waals surface area contributed by atoms with Crippen molar-refractivity contribution < 1.29 is 23.6 Å². The summed E-state index contributed by atoms with van der Waals surface area (Å²) in [5.41, 5.74) is -0.169. The SMILES string of the molecule is O=C(NC[C@@H](O)c1ccc(F)cc1F)Nc1cccc([N+](=O)[O-])c1. The minimum Gasteiger partial charge on any atom is -0.386 e. The summed E-state index contributed by atoms with van der Waals surface area (Å²) in [4.78, 5) is 21.8. The first-order chi connectivity index (χ1) is 11.4. The van der Waals surface area contributed by atoms with Gasteiger partial charge in [-0.1, -0.05) is 12.1 Å². The molecule has 0 fully saturated rings. The normalized spacial score (nSPS) is 11.6. The highest BCUT2D eigenvalue weighted by Gasteiger charge is 2.15. The molecule has 0 spiro atoms. The van der Waals surface area contributed by atoms with Crippen molar-refractivity contribution >= 4 is 17.4 Å². The molecular weight excluding hydrogens is 324 g/mol. The highest BCUT2D eigenvalue weighted by atomic mass is 19.1. The maximum atomic E-state index is 13.5. The van der Waals surface area contributed by atoms with Crippen LogP contribution in [0.5, 0.6) is 0 Å². The molecular formula is C15H13F2N3O4. The number of aliphatic hydroxyl groups is 1. The molecule has 24 heavy (non-hydrogen) atoms. The van der Waals surface area contributed by atoms with Crippen LogP contribution in [0, 0.1) is 21.7 Å². The fraction of sp³-hybridized carbons (Fsp3) is 0.133. The summed E-state index contributed by atoms with van der Waals surface area (Å²) in [5, 5.41) is 25.1. The molecule has 0 aliphatic carbocycles. The Balaban J connectivity index is 1.93. The van der Waals surface area contributed by atoms with Crippen LogP contribution in [0.2, 0.25) is 0 Å². The van der Waals surface area contributed by atoms with E-state index < -0.39 is 28.7 Å². The van der Waals surface area contributed by atoms with Crippen LogP contribution >= 0.6 is 0 Å². The van der Waals surface area contributed by atoms with Gasteiger partial charge >= 0.3 is 6.03 Å². The number of rotatable bonds is 5. The maximum absolute atomic E-state index is 13.5.